The van der Waals surface area contributed by atoms with Gasteiger partial charge in [-0.25, -0.2) is 0 Å². The summed E-state index contributed by atoms with van der Waals surface area (Å²) >= 11 is 0. The van der Waals surface area contributed by atoms with Crippen LogP contribution in [-0.2, 0) is 0 Å². The number of hydrogen-bond acceptors (Lipinski definition) is 4. The van der Waals surface area contributed by atoms with Crippen molar-refractivity contribution in [2.75, 3.05) is 19.7 Å². The fraction of sp³-hybridized carbons (Fsp3) is 0.389. The third-order valence-corrected chi connectivity index (χ3v) is 4.09. The van der Waals surface area contributed by atoms with Crippen LogP contribution < -0.4 is 10.5 Å². The zero-order valence-electron chi connectivity index (χ0n) is 12.8. The molecule has 1 saturated heterocycles. The number of ether oxygens (including phenoxy) is 1. The second-order valence-electron chi connectivity index (χ2n) is 5.69. The summed E-state index contributed by atoms with van der Waals surface area (Å²) in [6.45, 7) is 2.87. The van der Waals surface area contributed by atoms with E-state index in [1.807, 2.05) is 48.7 Å². The molecule has 1 unspecified atom stereocenters. The number of benzene rings is 1. The van der Waals surface area contributed by atoms with E-state index in [9.17, 15) is 0 Å². The SMILES string of the molecule is NC1CCCN1CCCOc1ccc(-c2ccccn2)cc1. The monoisotopic (exact) mass is 297 g/mol. The van der Waals surface area contributed by atoms with Gasteiger partial charge in [0.2, 0.25) is 0 Å². The van der Waals surface area contributed by atoms with E-state index >= 15 is 0 Å². The summed E-state index contributed by atoms with van der Waals surface area (Å²) in [5, 5.41) is 0. The Kier molecular flexibility index (Phi) is 5.03. The first-order valence-electron chi connectivity index (χ1n) is 7.97. The molecule has 1 aromatic carbocycles. The number of pyridine rings is 1. The van der Waals surface area contributed by atoms with Gasteiger partial charge in [0, 0.05) is 18.3 Å². The van der Waals surface area contributed by atoms with Gasteiger partial charge in [0.15, 0.2) is 0 Å². The van der Waals surface area contributed by atoms with Crippen molar-refractivity contribution in [2.45, 2.75) is 25.4 Å². The molecule has 0 aliphatic carbocycles. The average Bonchev–Trinajstić information content (AvgIpc) is 2.98. The molecule has 2 aromatic rings. The van der Waals surface area contributed by atoms with Crippen molar-refractivity contribution in [3.63, 3.8) is 0 Å². The Bertz CT molecular complexity index is 571. The Hall–Kier alpha value is -1.91. The molecule has 1 atom stereocenters. The number of likely N-dealkylation sites (tertiary alicyclic amines) is 1. The van der Waals surface area contributed by atoms with Gasteiger partial charge in [0.05, 0.1) is 18.5 Å². The highest BCUT2D eigenvalue weighted by Crippen LogP contribution is 2.20. The lowest BCUT2D eigenvalue weighted by molar-refractivity contribution is 0.224. The quantitative estimate of drug-likeness (QED) is 0.833. The molecule has 0 spiro atoms. The van der Waals surface area contributed by atoms with E-state index in [-0.39, 0.29) is 6.17 Å². The van der Waals surface area contributed by atoms with E-state index in [2.05, 4.69) is 9.88 Å². The fourth-order valence-electron chi connectivity index (χ4n) is 2.84. The average molecular weight is 297 g/mol. The van der Waals surface area contributed by atoms with Gasteiger partial charge in [-0.2, -0.15) is 0 Å². The Morgan fingerprint density at radius 3 is 2.73 bits per heavy atom. The largest absolute Gasteiger partial charge is 0.494 e. The molecule has 1 fully saturated rings. The maximum atomic E-state index is 6.02. The molecule has 1 aromatic heterocycles. The first-order chi connectivity index (χ1) is 10.8. The van der Waals surface area contributed by atoms with E-state index in [4.69, 9.17) is 10.5 Å². The summed E-state index contributed by atoms with van der Waals surface area (Å²) in [6, 6.07) is 14.0. The first-order valence-corrected chi connectivity index (χ1v) is 7.97. The molecule has 0 radical (unpaired) electrons. The van der Waals surface area contributed by atoms with Gasteiger partial charge in [-0.15, -0.1) is 0 Å². The van der Waals surface area contributed by atoms with Crippen LogP contribution in [0.2, 0.25) is 0 Å². The zero-order chi connectivity index (χ0) is 15.2. The third-order valence-electron chi connectivity index (χ3n) is 4.09. The summed E-state index contributed by atoms with van der Waals surface area (Å²) in [4.78, 5) is 6.69. The molecule has 4 nitrogen and oxygen atoms in total. The van der Waals surface area contributed by atoms with Gasteiger partial charge in [-0.3, -0.25) is 9.88 Å². The zero-order valence-corrected chi connectivity index (χ0v) is 12.8. The van der Waals surface area contributed by atoms with Crippen LogP contribution in [0.4, 0.5) is 0 Å². The van der Waals surface area contributed by atoms with Gasteiger partial charge in [-0.1, -0.05) is 6.07 Å². The maximum absolute atomic E-state index is 6.02. The second kappa shape index (κ2) is 7.38. The number of hydrogen-bond donors (Lipinski definition) is 1. The van der Waals surface area contributed by atoms with Crippen LogP contribution in [0.1, 0.15) is 19.3 Å². The highest BCUT2D eigenvalue weighted by Gasteiger charge is 2.19. The molecule has 0 saturated carbocycles. The summed E-state index contributed by atoms with van der Waals surface area (Å²) in [5.41, 5.74) is 8.11. The predicted octanol–water partition coefficient (Wildman–Crippen LogP) is 2.90. The minimum Gasteiger partial charge on any atom is -0.494 e. The molecule has 4 heteroatoms. The van der Waals surface area contributed by atoms with Gasteiger partial charge in [0.1, 0.15) is 5.75 Å². The van der Waals surface area contributed by atoms with Crippen LogP contribution in [0.25, 0.3) is 11.3 Å². The number of aromatic nitrogens is 1. The normalized spacial score (nSPS) is 18.5. The van der Waals surface area contributed by atoms with Crippen LogP contribution in [0.5, 0.6) is 5.75 Å². The maximum Gasteiger partial charge on any atom is 0.119 e. The molecule has 2 N–H and O–H groups in total. The van der Waals surface area contributed by atoms with Gasteiger partial charge >= 0.3 is 0 Å². The molecule has 1 aliphatic heterocycles. The van der Waals surface area contributed by atoms with E-state index < -0.39 is 0 Å². The van der Waals surface area contributed by atoms with E-state index in [0.29, 0.717) is 0 Å². The summed E-state index contributed by atoms with van der Waals surface area (Å²) in [7, 11) is 0. The van der Waals surface area contributed by atoms with Gasteiger partial charge in [0.25, 0.3) is 0 Å². The number of nitrogens with two attached hydrogens (primary N) is 1. The highest BCUT2D eigenvalue weighted by atomic mass is 16.5. The Morgan fingerprint density at radius 1 is 1.18 bits per heavy atom. The minimum atomic E-state index is 0.248. The van der Waals surface area contributed by atoms with Crippen molar-refractivity contribution < 1.29 is 4.74 Å². The Morgan fingerprint density at radius 2 is 2.05 bits per heavy atom. The number of nitrogens with zero attached hydrogens (tertiary/aromatic N) is 2. The van der Waals surface area contributed by atoms with Crippen molar-refractivity contribution in [3.8, 4) is 17.0 Å². The first kappa shape index (κ1) is 15.0. The van der Waals surface area contributed by atoms with E-state index in [1.165, 1.54) is 6.42 Å². The van der Waals surface area contributed by atoms with Crippen molar-refractivity contribution in [2.24, 2.45) is 5.73 Å². The molecular formula is C18H23N3O. The predicted molar refractivity (Wildman–Crippen MR) is 88.6 cm³/mol. The molecule has 3 rings (SSSR count). The standard InChI is InChI=1S/C18H23N3O/c19-18-6-3-12-21(18)13-4-14-22-16-9-7-15(8-10-16)17-5-1-2-11-20-17/h1-2,5,7-11,18H,3-4,6,12-14,19H2. The van der Waals surface area contributed by atoms with Crippen LogP contribution in [-0.4, -0.2) is 35.7 Å². The smallest absolute Gasteiger partial charge is 0.119 e. The molecule has 1 aliphatic rings. The lowest BCUT2D eigenvalue weighted by atomic mass is 10.1. The molecule has 22 heavy (non-hydrogen) atoms. The fourth-order valence-corrected chi connectivity index (χ4v) is 2.84. The molecule has 2 heterocycles. The van der Waals surface area contributed by atoms with Crippen molar-refractivity contribution in [3.05, 3.63) is 48.7 Å². The van der Waals surface area contributed by atoms with Gasteiger partial charge < -0.3 is 10.5 Å². The minimum absolute atomic E-state index is 0.248. The van der Waals surface area contributed by atoms with E-state index in [0.717, 1.165) is 49.5 Å². The second-order valence-corrected chi connectivity index (χ2v) is 5.69. The van der Waals surface area contributed by atoms with Crippen molar-refractivity contribution >= 4 is 0 Å². The third kappa shape index (κ3) is 3.84. The van der Waals surface area contributed by atoms with Crippen molar-refractivity contribution in [1.29, 1.82) is 0 Å². The van der Waals surface area contributed by atoms with Crippen molar-refractivity contribution in [1.82, 2.24) is 9.88 Å². The van der Waals surface area contributed by atoms with Gasteiger partial charge in [-0.05, 0) is 62.2 Å². The summed E-state index contributed by atoms with van der Waals surface area (Å²) in [6.07, 6.45) is 5.41. The topological polar surface area (TPSA) is 51.4 Å². The highest BCUT2D eigenvalue weighted by molar-refractivity contribution is 5.59. The molecule has 0 amide bonds. The summed E-state index contributed by atoms with van der Waals surface area (Å²) < 4.78 is 5.80. The summed E-state index contributed by atoms with van der Waals surface area (Å²) in [5.74, 6) is 0.908. The van der Waals surface area contributed by atoms with Crippen LogP contribution >= 0.6 is 0 Å². The Labute approximate surface area is 131 Å². The number of rotatable bonds is 6. The lowest BCUT2D eigenvalue weighted by Crippen LogP contribution is -2.37. The van der Waals surface area contributed by atoms with Crippen LogP contribution in [0, 0.1) is 0 Å². The molecule has 0 bridgehead atoms. The molecular weight excluding hydrogens is 274 g/mol. The van der Waals surface area contributed by atoms with E-state index in [1.54, 1.807) is 0 Å². The van der Waals surface area contributed by atoms with Crippen LogP contribution in [0.3, 0.4) is 0 Å². The Balaban J connectivity index is 1.45. The lowest BCUT2D eigenvalue weighted by Gasteiger charge is -2.20. The molecule has 116 valence electrons. The van der Waals surface area contributed by atoms with Crippen LogP contribution in [0.15, 0.2) is 48.7 Å².